The molecule has 0 saturated heterocycles. The lowest BCUT2D eigenvalue weighted by molar-refractivity contribution is -0.568. The maximum atomic E-state index is 14.2. The Kier molecular flexibility index (Phi) is 4.91. The van der Waals surface area contributed by atoms with Gasteiger partial charge in [-0.1, -0.05) is 25.1 Å². The van der Waals surface area contributed by atoms with Crippen molar-refractivity contribution in [2.45, 2.75) is 32.1 Å². The zero-order chi connectivity index (χ0) is 19.7. The molecule has 2 heterocycles. The van der Waals surface area contributed by atoms with Gasteiger partial charge in [-0.25, -0.2) is 20.1 Å². The van der Waals surface area contributed by atoms with E-state index in [1.54, 1.807) is 43.3 Å². The Balaban J connectivity index is 2.14. The van der Waals surface area contributed by atoms with Crippen LogP contribution in [-0.2, 0) is 4.79 Å². The van der Waals surface area contributed by atoms with E-state index in [1.807, 2.05) is 6.92 Å². The number of hydrogen-bond donors (Lipinski definition) is 2. The number of nitrogens with one attached hydrogen (secondary N) is 3. The molecule has 142 valence electrons. The number of anilines is 1. The van der Waals surface area contributed by atoms with Gasteiger partial charge in [0.1, 0.15) is 0 Å². The number of pyridine rings is 1. The first-order valence-electron chi connectivity index (χ1n) is 8.64. The van der Waals surface area contributed by atoms with Crippen LogP contribution in [0, 0.1) is 6.92 Å². The largest absolute Gasteiger partial charge is 0.488 e. The summed E-state index contributed by atoms with van der Waals surface area (Å²) in [5.41, 5.74) is -1.67. The number of alkyl halides is 3. The van der Waals surface area contributed by atoms with Crippen molar-refractivity contribution in [3.8, 4) is 0 Å². The number of carbonyl (C=O) groups excluding carboxylic acids is 1. The number of rotatable bonds is 5. The Hall–Kier alpha value is -2.90. The molecule has 0 unspecified atom stereocenters. The summed E-state index contributed by atoms with van der Waals surface area (Å²) in [5.74, 6) is -0.843. The fourth-order valence-electron chi connectivity index (χ4n) is 3.07. The first kappa shape index (κ1) is 18.9. The summed E-state index contributed by atoms with van der Waals surface area (Å²) >= 11 is 0. The van der Waals surface area contributed by atoms with Gasteiger partial charge in [0.05, 0.1) is 18.3 Å². The molecule has 2 aromatic rings. The normalized spacial score (nSPS) is 20.0. The number of H-pyrrole nitrogens is 1. The predicted molar refractivity (Wildman–Crippen MR) is 93.7 cm³/mol. The lowest BCUT2D eigenvalue weighted by atomic mass is 10.1. The number of aryl methyl sites for hydroxylation is 1. The van der Waals surface area contributed by atoms with Gasteiger partial charge in [0, 0.05) is 6.07 Å². The molecule has 3 rings (SSSR count). The van der Waals surface area contributed by atoms with Crippen molar-refractivity contribution in [2.75, 3.05) is 11.9 Å². The highest BCUT2D eigenvalue weighted by Gasteiger charge is 2.75. The van der Waals surface area contributed by atoms with Crippen molar-refractivity contribution in [2.24, 2.45) is 0 Å². The molecule has 1 aromatic carbocycles. The monoisotopic (exact) mass is 378 g/mol. The highest BCUT2D eigenvalue weighted by Crippen LogP contribution is 2.32. The summed E-state index contributed by atoms with van der Waals surface area (Å²) in [7, 11) is 0. The zero-order valence-corrected chi connectivity index (χ0v) is 15.0. The SMILES string of the molecule is CCCN1C(=O)[C@@](Nc2cc(C)cc[nH+]2)(C(F)(F)F)[NH+]=C1c1ccccc1. The van der Waals surface area contributed by atoms with Crippen LogP contribution in [-0.4, -0.2) is 35.0 Å². The first-order chi connectivity index (χ1) is 12.8. The third-order valence-corrected chi connectivity index (χ3v) is 4.34. The highest BCUT2D eigenvalue weighted by atomic mass is 19.4. The molecule has 0 fully saturated rings. The molecule has 1 aliphatic heterocycles. The maximum absolute atomic E-state index is 14.2. The lowest BCUT2D eigenvalue weighted by Gasteiger charge is -2.20. The van der Waals surface area contributed by atoms with Crippen molar-refractivity contribution in [3.05, 3.63) is 59.8 Å². The Labute approximate surface area is 154 Å². The number of halogens is 3. The first-order valence-corrected chi connectivity index (χ1v) is 8.64. The quantitative estimate of drug-likeness (QED) is 0.823. The fourth-order valence-corrected chi connectivity index (χ4v) is 3.07. The molecule has 1 aliphatic rings. The van der Waals surface area contributed by atoms with E-state index in [0.29, 0.717) is 12.0 Å². The number of aromatic amines is 1. The summed E-state index contributed by atoms with van der Waals surface area (Å²) in [5, 5.41) is 2.37. The van der Waals surface area contributed by atoms with E-state index >= 15 is 0 Å². The van der Waals surface area contributed by atoms with Crippen LogP contribution >= 0.6 is 0 Å². The highest BCUT2D eigenvalue weighted by molar-refractivity contribution is 6.11. The van der Waals surface area contributed by atoms with Crippen molar-refractivity contribution < 1.29 is 27.9 Å². The van der Waals surface area contributed by atoms with Crippen molar-refractivity contribution >= 4 is 17.6 Å². The molecule has 0 aliphatic carbocycles. The van der Waals surface area contributed by atoms with Gasteiger partial charge in [0.15, 0.2) is 0 Å². The summed E-state index contributed by atoms with van der Waals surface area (Å²) in [6.45, 7) is 3.74. The topological polar surface area (TPSA) is 60.5 Å². The molecule has 0 spiro atoms. The maximum Gasteiger partial charge on any atom is 0.488 e. The lowest BCUT2D eigenvalue weighted by Crippen LogP contribution is -2.94. The van der Waals surface area contributed by atoms with Crippen molar-refractivity contribution in [3.63, 3.8) is 0 Å². The summed E-state index contributed by atoms with van der Waals surface area (Å²) in [6.07, 6.45) is -2.83. The number of benzene rings is 1. The van der Waals surface area contributed by atoms with Gasteiger partial charge in [0.2, 0.25) is 0 Å². The third-order valence-electron chi connectivity index (χ3n) is 4.34. The minimum Gasteiger partial charge on any atom is -0.248 e. The van der Waals surface area contributed by atoms with Crippen LogP contribution in [0.3, 0.4) is 0 Å². The van der Waals surface area contributed by atoms with Gasteiger partial charge in [-0.2, -0.15) is 18.1 Å². The van der Waals surface area contributed by atoms with Crippen LogP contribution in [0.2, 0.25) is 0 Å². The minimum atomic E-state index is -4.87. The molecular weight excluding hydrogens is 357 g/mol. The number of carbonyl (C=O) groups is 1. The number of amides is 1. The van der Waals surface area contributed by atoms with Crippen LogP contribution in [0.4, 0.5) is 19.0 Å². The second-order valence-electron chi connectivity index (χ2n) is 6.45. The molecule has 1 aromatic heterocycles. The van der Waals surface area contributed by atoms with E-state index in [0.717, 1.165) is 10.5 Å². The Morgan fingerprint density at radius 3 is 2.48 bits per heavy atom. The van der Waals surface area contributed by atoms with Crippen LogP contribution in [0.25, 0.3) is 0 Å². The Morgan fingerprint density at radius 1 is 1.19 bits per heavy atom. The molecule has 0 saturated carbocycles. The molecule has 1 amide bonds. The number of nitrogens with zero attached hydrogens (tertiary/aromatic N) is 1. The molecule has 0 bridgehead atoms. The third kappa shape index (κ3) is 3.39. The zero-order valence-electron chi connectivity index (χ0n) is 15.0. The Morgan fingerprint density at radius 2 is 1.89 bits per heavy atom. The average Bonchev–Trinajstić information content (AvgIpc) is 2.90. The second kappa shape index (κ2) is 7.02. The van der Waals surface area contributed by atoms with Gasteiger partial charge in [-0.15, -0.1) is 0 Å². The molecule has 0 radical (unpaired) electrons. The molecule has 27 heavy (non-hydrogen) atoms. The summed E-state index contributed by atoms with van der Waals surface area (Å²) in [6, 6.07) is 11.8. The van der Waals surface area contributed by atoms with E-state index < -0.39 is 17.7 Å². The summed E-state index contributed by atoms with van der Waals surface area (Å²) < 4.78 is 42.5. The van der Waals surface area contributed by atoms with Gasteiger partial charge >= 0.3 is 17.7 Å². The standard InChI is InChI=1S/C19H19F3N4O/c1-3-11-26-16(14-7-5-4-6-8-14)25-18(17(26)27,19(20,21)22)24-15-12-13(2)9-10-23-15/h4-10,12H,3,11H2,1-2H3,(H,23,24)/p+2/t18-/m0/s1. The molecule has 3 N–H and O–H groups in total. The van der Waals surface area contributed by atoms with Crippen LogP contribution in [0.15, 0.2) is 48.7 Å². The molecule has 1 atom stereocenters. The van der Waals surface area contributed by atoms with Gasteiger partial charge < -0.3 is 0 Å². The summed E-state index contributed by atoms with van der Waals surface area (Å²) in [4.78, 5) is 19.3. The number of aromatic nitrogens is 1. The fraction of sp³-hybridized carbons (Fsp3) is 0.316. The number of hydrogen-bond acceptors (Lipinski definition) is 2. The van der Waals surface area contributed by atoms with Gasteiger partial charge in [-0.05, 0) is 37.1 Å². The van der Waals surface area contributed by atoms with Crippen LogP contribution < -0.4 is 15.3 Å². The van der Waals surface area contributed by atoms with Crippen molar-refractivity contribution in [1.29, 1.82) is 0 Å². The van der Waals surface area contributed by atoms with E-state index in [1.165, 1.54) is 12.3 Å². The molecule has 8 heteroatoms. The average molecular weight is 378 g/mol. The number of amidine groups is 1. The van der Waals surface area contributed by atoms with E-state index in [-0.39, 0.29) is 18.2 Å². The van der Waals surface area contributed by atoms with Gasteiger partial charge in [0.25, 0.3) is 11.7 Å². The van der Waals surface area contributed by atoms with Gasteiger partial charge in [-0.3, -0.25) is 0 Å². The minimum absolute atomic E-state index is 0.0962. The second-order valence-corrected chi connectivity index (χ2v) is 6.45. The van der Waals surface area contributed by atoms with Crippen LogP contribution in [0.5, 0.6) is 0 Å². The van der Waals surface area contributed by atoms with Crippen LogP contribution in [0.1, 0.15) is 24.5 Å². The van der Waals surface area contributed by atoms with E-state index in [4.69, 9.17) is 0 Å². The van der Waals surface area contributed by atoms with E-state index in [9.17, 15) is 18.0 Å². The Bertz CT molecular complexity index is 867. The smallest absolute Gasteiger partial charge is 0.248 e. The van der Waals surface area contributed by atoms with E-state index in [2.05, 4.69) is 15.3 Å². The predicted octanol–water partition coefficient (Wildman–Crippen LogP) is 1.26. The van der Waals surface area contributed by atoms with Crippen molar-refractivity contribution in [1.82, 2.24) is 4.90 Å². The molecular formula is C19H21F3N4O+2. The molecule has 5 nitrogen and oxygen atoms in total.